The van der Waals surface area contributed by atoms with E-state index in [1.165, 1.54) is 11.3 Å². The fraction of sp³-hybridized carbons (Fsp3) is 0.421. The summed E-state index contributed by atoms with van der Waals surface area (Å²) in [5.41, 5.74) is 0.865. The van der Waals surface area contributed by atoms with Crippen LogP contribution in [0.1, 0.15) is 17.9 Å². The number of hydrogen-bond donors (Lipinski definition) is 3. The van der Waals surface area contributed by atoms with Crippen molar-refractivity contribution in [2.75, 3.05) is 44.2 Å². The molecule has 1 saturated heterocycles. The molecule has 1 fully saturated rings. The molecule has 3 N–H and O–H groups in total. The van der Waals surface area contributed by atoms with E-state index in [0.717, 1.165) is 49.2 Å². The Morgan fingerprint density at radius 2 is 1.96 bits per heavy atom. The molecular weight excluding hydrogens is 384 g/mol. The lowest BCUT2D eigenvalue weighted by molar-refractivity contribution is 0.190. The summed E-state index contributed by atoms with van der Waals surface area (Å²) in [5, 5.41) is 23.7. The zero-order valence-electron chi connectivity index (χ0n) is 15.3. The Morgan fingerprint density at radius 3 is 2.59 bits per heavy atom. The fourth-order valence-electron chi connectivity index (χ4n) is 3.09. The maximum Gasteiger partial charge on any atom is 0.194 e. The van der Waals surface area contributed by atoms with Gasteiger partial charge in [0, 0.05) is 37.6 Å². The maximum absolute atomic E-state index is 10.3. The highest BCUT2D eigenvalue weighted by atomic mass is 35.5. The number of nitrogens with zero attached hydrogens (tertiary/aromatic N) is 3. The number of hydrogen-bond acceptors (Lipinski definition) is 5. The quantitative estimate of drug-likeness (QED) is 0.524. The fourth-order valence-corrected chi connectivity index (χ4v) is 4.12. The van der Waals surface area contributed by atoms with E-state index in [1.54, 1.807) is 12.1 Å². The smallest absolute Gasteiger partial charge is 0.194 e. The summed E-state index contributed by atoms with van der Waals surface area (Å²) in [5.74, 6) is 1.11. The third-order valence-electron chi connectivity index (χ3n) is 4.47. The van der Waals surface area contributed by atoms with Gasteiger partial charge in [-0.15, -0.1) is 11.3 Å². The second-order valence-corrected chi connectivity index (χ2v) is 8.06. The zero-order valence-corrected chi connectivity index (χ0v) is 16.9. The lowest BCUT2D eigenvalue weighted by Crippen LogP contribution is -2.52. The number of thiophene rings is 1. The van der Waals surface area contributed by atoms with Crippen molar-refractivity contribution in [3.8, 4) is 5.75 Å². The molecule has 1 aromatic heterocycles. The summed E-state index contributed by atoms with van der Waals surface area (Å²) in [7, 11) is 0. The first-order valence-corrected chi connectivity index (χ1v) is 10.3. The van der Waals surface area contributed by atoms with Crippen LogP contribution in [0.5, 0.6) is 5.75 Å². The van der Waals surface area contributed by atoms with Gasteiger partial charge in [0.2, 0.25) is 0 Å². The van der Waals surface area contributed by atoms with Crippen molar-refractivity contribution in [2.24, 2.45) is 4.99 Å². The molecule has 2 heterocycles. The zero-order chi connectivity index (χ0) is 19.2. The molecule has 0 aliphatic carbocycles. The monoisotopic (exact) mass is 408 g/mol. The molecule has 1 atom stereocenters. The van der Waals surface area contributed by atoms with Crippen molar-refractivity contribution in [3.05, 3.63) is 45.6 Å². The van der Waals surface area contributed by atoms with Gasteiger partial charge in [0.05, 0.1) is 16.6 Å². The molecule has 27 heavy (non-hydrogen) atoms. The summed E-state index contributed by atoms with van der Waals surface area (Å²) in [4.78, 5) is 9.81. The molecule has 3 rings (SSSR count). The standard InChI is InChI=1S/C19H25ClN4O2S/c1-2-21-19(22-13-16(26)17-7-8-18(20)27-17)24-11-9-23(10-12-24)14-5-3-4-6-15(14)25/h3-8,16,25-26H,2,9-13H2,1H3,(H,21,22). The number of para-hydroxylation sites is 2. The van der Waals surface area contributed by atoms with Crippen molar-refractivity contribution < 1.29 is 10.2 Å². The molecule has 0 saturated carbocycles. The van der Waals surface area contributed by atoms with Crippen molar-refractivity contribution in [2.45, 2.75) is 13.0 Å². The molecule has 1 aliphatic heterocycles. The highest BCUT2D eigenvalue weighted by Gasteiger charge is 2.21. The first-order valence-electron chi connectivity index (χ1n) is 9.08. The second-order valence-electron chi connectivity index (χ2n) is 6.32. The third kappa shape index (κ3) is 5.06. The van der Waals surface area contributed by atoms with Crippen molar-refractivity contribution in [1.29, 1.82) is 0 Å². The van der Waals surface area contributed by atoms with Crippen LogP contribution in [0.15, 0.2) is 41.4 Å². The lowest BCUT2D eigenvalue weighted by atomic mass is 10.2. The summed E-state index contributed by atoms with van der Waals surface area (Å²) in [6.07, 6.45) is -0.654. The topological polar surface area (TPSA) is 71.3 Å². The van der Waals surface area contributed by atoms with Gasteiger partial charge in [-0.25, -0.2) is 0 Å². The molecule has 6 nitrogen and oxygen atoms in total. The minimum Gasteiger partial charge on any atom is -0.506 e. The molecule has 1 aliphatic rings. The van der Waals surface area contributed by atoms with Crippen LogP contribution in [0.3, 0.4) is 0 Å². The number of rotatable bonds is 5. The SMILES string of the molecule is CCNC(=NCC(O)c1ccc(Cl)s1)N1CCN(c2ccccc2O)CC1. The van der Waals surface area contributed by atoms with E-state index in [4.69, 9.17) is 11.6 Å². The van der Waals surface area contributed by atoms with Crippen molar-refractivity contribution >= 4 is 34.6 Å². The molecule has 0 bridgehead atoms. The van der Waals surface area contributed by atoms with Gasteiger partial charge in [-0.3, -0.25) is 4.99 Å². The molecule has 0 amide bonds. The first kappa shape index (κ1) is 19.8. The molecule has 8 heteroatoms. The van der Waals surface area contributed by atoms with Crippen LogP contribution in [0.25, 0.3) is 0 Å². The van der Waals surface area contributed by atoms with Gasteiger partial charge in [0.1, 0.15) is 11.9 Å². The van der Waals surface area contributed by atoms with Crippen LogP contribution in [0.2, 0.25) is 4.34 Å². The van der Waals surface area contributed by atoms with Crippen LogP contribution in [0.4, 0.5) is 5.69 Å². The van der Waals surface area contributed by atoms with Crippen molar-refractivity contribution in [1.82, 2.24) is 10.2 Å². The number of nitrogens with one attached hydrogen (secondary N) is 1. The number of aliphatic hydroxyl groups is 1. The van der Waals surface area contributed by atoms with Crippen LogP contribution >= 0.6 is 22.9 Å². The van der Waals surface area contributed by atoms with Gasteiger partial charge in [-0.1, -0.05) is 23.7 Å². The molecule has 1 unspecified atom stereocenters. The van der Waals surface area contributed by atoms with E-state index < -0.39 is 6.10 Å². The Labute approximate surface area is 168 Å². The van der Waals surface area contributed by atoms with Gasteiger partial charge in [0.25, 0.3) is 0 Å². The molecule has 0 spiro atoms. The number of phenolic OH excluding ortho intramolecular Hbond substituents is 1. The van der Waals surface area contributed by atoms with Crippen LogP contribution in [-0.2, 0) is 0 Å². The molecule has 1 aromatic carbocycles. The predicted molar refractivity (Wildman–Crippen MR) is 112 cm³/mol. The Balaban J connectivity index is 1.61. The highest BCUT2D eigenvalue weighted by Crippen LogP contribution is 2.28. The lowest BCUT2D eigenvalue weighted by Gasteiger charge is -2.38. The van der Waals surface area contributed by atoms with Crippen LogP contribution in [-0.4, -0.2) is 60.3 Å². The number of aliphatic imine (C=N–C) groups is 1. The third-order valence-corrected chi connectivity index (χ3v) is 5.81. The average Bonchev–Trinajstić information content (AvgIpc) is 3.12. The number of piperazine rings is 1. The van der Waals surface area contributed by atoms with E-state index in [0.29, 0.717) is 16.6 Å². The number of halogens is 1. The van der Waals surface area contributed by atoms with Crippen molar-refractivity contribution in [3.63, 3.8) is 0 Å². The van der Waals surface area contributed by atoms with E-state index in [2.05, 4.69) is 20.1 Å². The summed E-state index contributed by atoms with van der Waals surface area (Å²) in [6.45, 7) is 6.26. The summed E-state index contributed by atoms with van der Waals surface area (Å²) >= 11 is 7.32. The van der Waals surface area contributed by atoms with Crippen LogP contribution in [0, 0.1) is 0 Å². The Hall–Kier alpha value is -1.96. The van der Waals surface area contributed by atoms with E-state index >= 15 is 0 Å². The number of benzene rings is 1. The normalized spacial score (nSPS) is 16.5. The minimum atomic E-state index is -0.654. The predicted octanol–water partition coefficient (Wildman–Crippen LogP) is 2.93. The van der Waals surface area contributed by atoms with E-state index in [9.17, 15) is 10.2 Å². The minimum absolute atomic E-state index is 0.291. The first-order chi connectivity index (χ1) is 13.1. The van der Waals surface area contributed by atoms with Gasteiger partial charge in [-0.2, -0.15) is 0 Å². The number of anilines is 1. The Bertz CT molecular complexity index is 775. The second kappa shape index (κ2) is 9.30. The molecule has 2 aromatic rings. The number of guanidine groups is 1. The van der Waals surface area contributed by atoms with Gasteiger partial charge < -0.3 is 25.3 Å². The largest absolute Gasteiger partial charge is 0.506 e. The van der Waals surface area contributed by atoms with E-state index in [1.807, 2.05) is 31.2 Å². The summed E-state index contributed by atoms with van der Waals surface area (Å²) in [6, 6.07) is 11.0. The molecular formula is C19H25ClN4O2S. The van der Waals surface area contributed by atoms with Crippen LogP contribution < -0.4 is 10.2 Å². The summed E-state index contributed by atoms with van der Waals surface area (Å²) < 4.78 is 0.667. The maximum atomic E-state index is 10.3. The molecule has 0 radical (unpaired) electrons. The molecule has 146 valence electrons. The highest BCUT2D eigenvalue weighted by molar-refractivity contribution is 7.16. The number of phenols is 1. The number of aliphatic hydroxyl groups excluding tert-OH is 1. The average molecular weight is 409 g/mol. The van der Waals surface area contributed by atoms with Gasteiger partial charge in [-0.05, 0) is 31.2 Å². The van der Waals surface area contributed by atoms with Gasteiger partial charge >= 0.3 is 0 Å². The Morgan fingerprint density at radius 1 is 1.22 bits per heavy atom. The van der Waals surface area contributed by atoms with E-state index in [-0.39, 0.29) is 0 Å². The number of aromatic hydroxyl groups is 1. The van der Waals surface area contributed by atoms with Gasteiger partial charge in [0.15, 0.2) is 5.96 Å². The Kier molecular flexibility index (Phi) is 6.82.